The van der Waals surface area contributed by atoms with Gasteiger partial charge in [-0.3, -0.25) is 4.98 Å². The lowest BCUT2D eigenvalue weighted by Gasteiger charge is -2.15. The summed E-state index contributed by atoms with van der Waals surface area (Å²) in [4.78, 5) is 4.18. The highest BCUT2D eigenvalue weighted by molar-refractivity contribution is 5.91. The number of anilines is 1. The Labute approximate surface area is 101 Å². The minimum Gasteiger partial charge on any atom is -0.382 e. The molecule has 0 unspecified atom stereocenters. The molecule has 0 amide bonds. The van der Waals surface area contributed by atoms with Crippen LogP contribution in [0, 0.1) is 5.82 Å². The van der Waals surface area contributed by atoms with Crippen LogP contribution < -0.4 is 5.32 Å². The van der Waals surface area contributed by atoms with Gasteiger partial charge < -0.3 is 5.32 Å². The first kappa shape index (κ1) is 11.8. The molecular formula is C14H17FN2. The number of nitrogens with zero attached hydrogens (tertiary/aromatic N) is 1. The maximum atomic E-state index is 13.1. The van der Waals surface area contributed by atoms with E-state index in [0.29, 0.717) is 11.6 Å². The van der Waals surface area contributed by atoms with Gasteiger partial charge >= 0.3 is 0 Å². The highest BCUT2D eigenvalue weighted by Crippen LogP contribution is 2.23. The summed E-state index contributed by atoms with van der Waals surface area (Å²) in [5, 5.41) is 4.41. The summed E-state index contributed by atoms with van der Waals surface area (Å²) < 4.78 is 13.1. The Kier molecular flexibility index (Phi) is 3.57. The van der Waals surface area contributed by atoms with Crippen molar-refractivity contribution in [3.63, 3.8) is 0 Å². The Bertz CT molecular complexity index is 511. The fourth-order valence-electron chi connectivity index (χ4n) is 2.02. The summed E-state index contributed by atoms with van der Waals surface area (Å²) in [6, 6.07) is 7.06. The van der Waals surface area contributed by atoms with Crippen LogP contribution in [0.25, 0.3) is 10.9 Å². The fraction of sp³-hybridized carbons (Fsp3) is 0.357. The Morgan fingerprint density at radius 3 is 2.94 bits per heavy atom. The second-order valence-electron chi connectivity index (χ2n) is 4.35. The van der Waals surface area contributed by atoms with E-state index in [1.165, 1.54) is 12.1 Å². The molecule has 17 heavy (non-hydrogen) atoms. The number of aromatic nitrogens is 1. The maximum absolute atomic E-state index is 13.1. The number of pyridine rings is 1. The van der Waals surface area contributed by atoms with Crippen LogP contribution in [-0.2, 0) is 0 Å². The van der Waals surface area contributed by atoms with Gasteiger partial charge in [-0.05, 0) is 31.5 Å². The van der Waals surface area contributed by atoms with Gasteiger partial charge in [0.15, 0.2) is 0 Å². The van der Waals surface area contributed by atoms with Gasteiger partial charge in [0, 0.05) is 29.4 Å². The van der Waals surface area contributed by atoms with Crippen LogP contribution in [-0.4, -0.2) is 11.0 Å². The summed E-state index contributed by atoms with van der Waals surface area (Å²) >= 11 is 0. The molecular weight excluding hydrogens is 215 g/mol. The monoisotopic (exact) mass is 232 g/mol. The Morgan fingerprint density at radius 2 is 2.18 bits per heavy atom. The Morgan fingerprint density at radius 1 is 1.35 bits per heavy atom. The zero-order valence-electron chi connectivity index (χ0n) is 10.2. The quantitative estimate of drug-likeness (QED) is 0.862. The molecule has 0 spiro atoms. The minimum absolute atomic E-state index is 0.247. The Balaban J connectivity index is 2.34. The third kappa shape index (κ3) is 2.73. The third-order valence-corrected chi connectivity index (χ3v) is 2.83. The summed E-state index contributed by atoms with van der Waals surface area (Å²) in [7, 11) is 0. The van der Waals surface area contributed by atoms with E-state index < -0.39 is 0 Å². The van der Waals surface area contributed by atoms with Crippen LogP contribution in [0.2, 0.25) is 0 Å². The number of fused-ring (bicyclic) bond motifs is 1. The van der Waals surface area contributed by atoms with Crippen molar-refractivity contribution in [3.8, 4) is 0 Å². The maximum Gasteiger partial charge on any atom is 0.125 e. The van der Waals surface area contributed by atoms with Crippen LogP contribution >= 0.6 is 0 Å². The van der Waals surface area contributed by atoms with Crippen LogP contribution in [0.15, 0.2) is 30.5 Å². The molecule has 3 heteroatoms. The average molecular weight is 232 g/mol. The summed E-state index contributed by atoms with van der Waals surface area (Å²) in [5.74, 6) is -0.247. The first-order valence-electron chi connectivity index (χ1n) is 6.01. The van der Waals surface area contributed by atoms with Crippen LogP contribution in [0.3, 0.4) is 0 Å². The fourth-order valence-corrected chi connectivity index (χ4v) is 2.02. The topological polar surface area (TPSA) is 24.9 Å². The lowest BCUT2D eigenvalue weighted by atomic mass is 10.1. The van der Waals surface area contributed by atoms with Gasteiger partial charge in [0.2, 0.25) is 0 Å². The van der Waals surface area contributed by atoms with Crippen LogP contribution in [0.1, 0.15) is 26.7 Å². The van der Waals surface area contributed by atoms with E-state index in [-0.39, 0.29) is 5.82 Å². The first-order chi connectivity index (χ1) is 8.20. The van der Waals surface area contributed by atoms with Gasteiger partial charge in [-0.15, -0.1) is 0 Å². The zero-order valence-corrected chi connectivity index (χ0v) is 10.2. The molecule has 1 aromatic carbocycles. The lowest BCUT2D eigenvalue weighted by Crippen LogP contribution is -2.14. The van der Waals surface area contributed by atoms with Crippen molar-refractivity contribution in [1.29, 1.82) is 0 Å². The van der Waals surface area contributed by atoms with Crippen molar-refractivity contribution < 1.29 is 4.39 Å². The number of halogens is 1. The van der Waals surface area contributed by atoms with Gasteiger partial charge in [-0.2, -0.15) is 0 Å². The van der Waals surface area contributed by atoms with E-state index in [1.807, 2.05) is 6.07 Å². The number of nitrogens with one attached hydrogen (secondary N) is 1. The molecule has 0 aliphatic heterocycles. The number of hydrogen-bond donors (Lipinski definition) is 1. The molecule has 0 bridgehead atoms. The van der Waals surface area contributed by atoms with Crippen molar-refractivity contribution >= 4 is 16.6 Å². The molecule has 2 nitrogen and oxygen atoms in total. The standard InChI is InChI=1S/C14H17FN2/c1-3-4-10(2)17-13-7-8-16-14-9-11(15)5-6-12(13)14/h5-10H,3-4H2,1-2H3,(H,16,17)/t10-/m1/s1. The second-order valence-corrected chi connectivity index (χ2v) is 4.35. The third-order valence-electron chi connectivity index (χ3n) is 2.83. The van der Waals surface area contributed by atoms with Crippen molar-refractivity contribution in [1.82, 2.24) is 4.98 Å². The lowest BCUT2D eigenvalue weighted by molar-refractivity contribution is 0.629. The molecule has 1 atom stereocenters. The van der Waals surface area contributed by atoms with Crippen molar-refractivity contribution in [2.24, 2.45) is 0 Å². The SMILES string of the molecule is CCC[C@@H](C)Nc1ccnc2cc(F)ccc12. The van der Waals surface area contributed by atoms with Gasteiger partial charge in [0.05, 0.1) is 5.52 Å². The van der Waals surface area contributed by atoms with Crippen LogP contribution in [0.4, 0.5) is 10.1 Å². The highest BCUT2D eigenvalue weighted by Gasteiger charge is 2.05. The molecule has 0 aliphatic carbocycles. The van der Waals surface area contributed by atoms with Crippen LogP contribution in [0.5, 0.6) is 0 Å². The van der Waals surface area contributed by atoms with Crippen molar-refractivity contribution in [3.05, 3.63) is 36.3 Å². The summed E-state index contributed by atoms with van der Waals surface area (Å²) in [6.07, 6.45) is 3.97. The molecule has 90 valence electrons. The second kappa shape index (κ2) is 5.13. The molecule has 1 heterocycles. The molecule has 0 saturated heterocycles. The number of hydrogen-bond acceptors (Lipinski definition) is 2. The highest BCUT2D eigenvalue weighted by atomic mass is 19.1. The van der Waals surface area contributed by atoms with E-state index in [0.717, 1.165) is 23.9 Å². The number of rotatable bonds is 4. The van der Waals surface area contributed by atoms with Crippen molar-refractivity contribution in [2.45, 2.75) is 32.7 Å². The zero-order chi connectivity index (χ0) is 12.3. The smallest absolute Gasteiger partial charge is 0.125 e. The summed E-state index contributed by atoms with van der Waals surface area (Å²) in [5.41, 5.74) is 1.72. The summed E-state index contributed by atoms with van der Waals surface area (Å²) in [6.45, 7) is 4.32. The molecule has 0 saturated carbocycles. The van der Waals surface area contributed by atoms with E-state index >= 15 is 0 Å². The molecule has 2 rings (SSSR count). The van der Waals surface area contributed by atoms with E-state index in [2.05, 4.69) is 24.1 Å². The molecule has 0 radical (unpaired) electrons. The molecule has 2 aromatic rings. The van der Waals surface area contributed by atoms with Crippen molar-refractivity contribution in [2.75, 3.05) is 5.32 Å². The molecule has 1 N–H and O–H groups in total. The molecule has 1 aromatic heterocycles. The molecule has 0 aliphatic rings. The number of benzene rings is 1. The van der Waals surface area contributed by atoms with Gasteiger partial charge in [-0.25, -0.2) is 4.39 Å². The van der Waals surface area contributed by atoms with Gasteiger partial charge in [0.25, 0.3) is 0 Å². The van der Waals surface area contributed by atoms with E-state index in [4.69, 9.17) is 0 Å². The predicted molar refractivity (Wildman–Crippen MR) is 69.7 cm³/mol. The Hall–Kier alpha value is -1.64. The predicted octanol–water partition coefficient (Wildman–Crippen LogP) is 3.97. The largest absolute Gasteiger partial charge is 0.382 e. The average Bonchev–Trinajstić information content (AvgIpc) is 2.29. The van der Waals surface area contributed by atoms with E-state index in [1.54, 1.807) is 12.3 Å². The molecule has 0 fully saturated rings. The minimum atomic E-state index is -0.247. The van der Waals surface area contributed by atoms with Gasteiger partial charge in [-0.1, -0.05) is 13.3 Å². The van der Waals surface area contributed by atoms with Gasteiger partial charge in [0.1, 0.15) is 5.82 Å². The van der Waals surface area contributed by atoms with E-state index in [9.17, 15) is 4.39 Å². The normalized spacial score (nSPS) is 12.6. The first-order valence-corrected chi connectivity index (χ1v) is 6.01.